The van der Waals surface area contributed by atoms with E-state index in [1.165, 1.54) is 18.2 Å². The lowest BCUT2D eigenvalue weighted by Gasteiger charge is -2.11. The van der Waals surface area contributed by atoms with Crippen molar-refractivity contribution in [3.63, 3.8) is 0 Å². The van der Waals surface area contributed by atoms with Gasteiger partial charge in [0.1, 0.15) is 11.7 Å². The van der Waals surface area contributed by atoms with Crippen LogP contribution in [0.3, 0.4) is 0 Å². The van der Waals surface area contributed by atoms with Crippen LogP contribution < -0.4 is 11.1 Å². The number of benzene rings is 2. The molecule has 0 aromatic heterocycles. The minimum atomic E-state index is -0.510. The predicted octanol–water partition coefficient (Wildman–Crippen LogP) is 3.37. The lowest BCUT2D eigenvalue weighted by molar-refractivity contribution is -0.120. The van der Waals surface area contributed by atoms with Crippen LogP contribution in [-0.4, -0.2) is 11.7 Å². The van der Waals surface area contributed by atoms with Crippen molar-refractivity contribution in [3.8, 4) is 0 Å². The average Bonchev–Trinajstić information content (AvgIpc) is 3.39. The number of hydrogen-bond donors (Lipinski definition) is 2. The summed E-state index contributed by atoms with van der Waals surface area (Å²) in [4.78, 5) is 16.4. The van der Waals surface area contributed by atoms with Crippen LogP contribution in [0.5, 0.6) is 0 Å². The third-order valence-electron chi connectivity index (χ3n) is 4.06. The normalized spacial score (nSPS) is 16.1. The molecule has 4 nitrogen and oxygen atoms in total. The fraction of sp³-hybridized carbons (Fsp3) is 0.158. The van der Waals surface area contributed by atoms with Crippen molar-refractivity contribution in [2.24, 2.45) is 10.7 Å². The Morgan fingerprint density at radius 1 is 1.12 bits per heavy atom. The molecule has 0 bridgehead atoms. The predicted molar refractivity (Wildman–Crippen MR) is 93.1 cm³/mol. The van der Waals surface area contributed by atoms with E-state index in [2.05, 4.69) is 10.3 Å². The van der Waals surface area contributed by atoms with E-state index in [4.69, 9.17) is 5.73 Å². The molecule has 0 aliphatic heterocycles. The SMILES string of the molecule is NC(/C=C\Nc1ccc(F)cc1)=NC(=O)C1(c2ccccc2)CC1. The highest BCUT2D eigenvalue weighted by atomic mass is 19.1. The molecular formula is C19H18FN3O. The minimum absolute atomic E-state index is 0.136. The highest BCUT2D eigenvalue weighted by Crippen LogP contribution is 2.49. The molecule has 1 amide bonds. The molecule has 0 unspecified atom stereocenters. The lowest BCUT2D eigenvalue weighted by atomic mass is 9.95. The summed E-state index contributed by atoms with van der Waals surface area (Å²) in [5.41, 5.74) is 7.00. The summed E-state index contributed by atoms with van der Waals surface area (Å²) in [6.45, 7) is 0. The zero-order valence-corrected chi connectivity index (χ0v) is 13.1. The third-order valence-corrected chi connectivity index (χ3v) is 4.06. The van der Waals surface area contributed by atoms with E-state index in [-0.39, 0.29) is 17.6 Å². The number of amidine groups is 1. The number of nitrogens with one attached hydrogen (secondary N) is 1. The van der Waals surface area contributed by atoms with Crippen molar-refractivity contribution in [1.82, 2.24) is 0 Å². The fourth-order valence-corrected chi connectivity index (χ4v) is 2.54. The van der Waals surface area contributed by atoms with Crippen molar-refractivity contribution in [1.29, 1.82) is 0 Å². The van der Waals surface area contributed by atoms with Crippen molar-refractivity contribution in [2.75, 3.05) is 5.32 Å². The van der Waals surface area contributed by atoms with Crippen molar-refractivity contribution in [3.05, 3.63) is 78.3 Å². The van der Waals surface area contributed by atoms with Gasteiger partial charge in [-0.1, -0.05) is 30.3 Å². The Hall–Kier alpha value is -2.95. The van der Waals surface area contributed by atoms with Gasteiger partial charge in [-0.2, -0.15) is 4.99 Å². The van der Waals surface area contributed by atoms with E-state index in [9.17, 15) is 9.18 Å². The summed E-state index contributed by atoms with van der Waals surface area (Å²) in [6.07, 6.45) is 4.68. The standard InChI is InChI=1S/C19H18FN3O/c20-15-6-8-16(9-7-15)22-13-10-17(21)23-18(24)19(11-12-19)14-4-2-1-3-5-14/h1-10,13,22H,11-12H2,(H2,21,23,24)/b13-10-. The van der Waals surface area contributed by atoms with Gasteiger partial charge in [-0.05, 0) is 48.7 Å². The van der Waals surface area contributed by atoms with Gasteiger partial charge in [-0.25, -0.2) is 4.39 Å². The highest BCUT2D eigenvalue weighted by molar-refractivity contribution is 6.04. The Morgan fingerprint density at radius 2 is 1.79 bits per heavy atom. The molecule has 1 aliphatic carbocycles. The van der Waals surface area contributed by atoms with Crippen LogP contribution in [0.4, 0.5) is 10.1 Å². The second kappa shape index (κ2) is 6.66. The molecule has 0 heterocycles. The van der Waals surface area contributed by atoms with Gasteiger partial charge in [0.15, 0.2) is 0 Å². The molecule has 2 aromatic carbocycles. The Balaban J connectivity index is 1.64. The number of hydrogen-bond acceptors (Lipinski definition) is 2. The molecule has 3 N–H and O–H groups in total. The van der Waals surface area contributed by atoms with Gasteiger partial charge in [0.25, 0.3) is 5.91 Å². The number of amides is 1. The Labute approximate surface area is 139 Å². The molecular weight excluding hydrogens is 305 g/mol. The van der Waals surface area contributed by atoms with E-state index in [0.29, 0.717) is 0 Å². The van der Waals surface area contributed by atoms with Gasteiger partial charge in [0.05, 0.1) is 5.41 Å². The van der Waals surface area contributed by atoms with E-state index in [1.807, 2.05) is 30.3 Å². The molecule has 1 aliphatic rings. The van der Waals surface area contributed by atoms with Gasteiger partial charge < -0.3 is 11.1 Å². The Bertz CT molecular complexity index is 778. The van der Waals surface area contributed by atoms with Crippen molar-refractivity contribution < 1.29 is 9.18 Å². The molecule has 5 heteroatoms. The van der Waals surface area contributed by atoms with Crippen LogP contribution in [0.1, 0.15) is 18.4 Å². The number of nitrogens with two attached hydrogens (primary N) is 1. The number of anilines is 1. The second-order valence-electron chi connectivity index (χ2n) is 5.77. The van der Waals surface area contributed by atoms with Crippen LogP contribution in [0, 0.1) is 5.82 Å². The zero-order chi connectivity index (χ0) is 17.0. The molecule has 0 spiro atoms. The quantitative estimate of drug-likeness (QED) is 0.655. The second-order valence-corrected chi connectivity index (χ2v) is 5.77. The van der Waals surface area contributed by atoms with Gasteiger partial charge in [-0.3, -0.25) is 4.79 Å². The number of rotatable bonds is 5. The van der Waals surface area contributed by atoms with E-state index in [1.54, 1.807) is 18.3 Å². The van der Waals surface area contributed by atoms with Gasteiger partial charge in [-0.15, -0.1) is 0 Å². The summed E-state index contributed by atoms with van der Waals surface area (Å²) in [6, 6.07) is 15.6. The first-order valence-electron chi connectivity index (χ1n) is 7.73. The van der Waals surface area contributed by atoms with Crippen LogP contribution in [0.25, 0.3) is 0 Å². The molecule has 1 saturated carbocycles. The van der Waals surface area contributed by atoms with E-state index >= 15 is 0 Å². The molecule has 122 valence electrons. The maximum atomic E-state index is 12.8. The van der Waals surface area contributed by atoms with Crippen molar-refractivity contribution in [2.45, 2.75) is 18.3 Å². The average molecular weight is 323 g/mol. The number of aliphatic imine (C=N–C) groups is 1. The lowest BCUT2D eigenvalue weighted by Crippen LogP contribution is -2.22. The first-order valence-corrected chi connectivity index (χ1v) is 7.73. The number of halogens is 1. The molecule has 24 heavy (non-hydrogen) atoms. The summed E-state index contributed by atoms with van der Waals surface area (Å²) in [7, 11) is 0. The van der Waals surface area contributed by atoms with Crippen LogP contribution in [0.15, 0.2) is 71.9 Å². The summed E-state index contributed by atoms with van der Waals surface area (Å²) < 4.78 is 12.8. The topological polar surface area (TPSA) is 67.5 Å². The third kappa shape index (κ3) is 3.51. The van der Waals surface area contributed by atoms with Crippen LogP contribution >= 0.6 is 0 Å². The van der Waals surface area contributed by atoms with Crippen LogP contribution in [-0.2, 0) is 10.2 Å². The minimum Gasteiger partial charge on any atom is -0.384 e. The first kappa shape index (κ1) is 15.9. The van der Waals surface area contributed by atoms with E-state index in [0.717, 1.165) is 24.1 Å². The Morgan fingerprint density at radius 3 is 2.42 bits per heavy atom. The maximum Gasteiger partial charge on any atom is 0.258 e. The summed E-state index contributed by atoms with van der Waals surface area (Å²) >= 11 is 0. The largest absolute Gasteiger partial charge is 0.384 e. The maximum absolute atomic E-state index is 12.8. The van der Waals surface area contributed by atoms with Gasteiger partial charge >= 0.3 is 0 Å². The first-order chi connectivity index (χ1) is 11.6. The number of carbonyl (C=O) groups excluding carboxylic acids is 1. The zero-order valence-electron chi connectivity index (χ0n) is 13.1. The molecule has 2 aromatic rings. The highest BCUT2D eigenvalue weighted by Gasteiger charge is 2.51. The molecule has 0 radical (unpaired) electrons. The fourth-order valence-electron chi connectivity index (χ4n) is 2.54. The summed E-state index contributed by atoms with van der Waals surface area (Å²) in [5, 5.41) is 2.94. The van der Waals surface area contributed by atoms with Gasteiger partial charge in [0.2, 0.25) is 0 Å². The molecule has 0 saturated heterocycles. The number of nitrogens with zero attached hydrogens (tertiary/aromatic N) is 1. The van der Waals surface area contributed by atoms with Gasteiger partial charge in [0, 0.05) is 11.9 Å². The van der Waals surface area contributed by atoms with E-state index < -0.39 is 5.41 Å². The monoisotopic (exact) mass is 323 g/mol. The number of carbonyl (C=O) groups is 1. The molecule has 3 rings (SSSR count). The van der Waals surface area contributed by atoms with Crippen molar-refractivity contribution >= 4 is 17.4 Å². The smallest absolute Gasteiger partial charge is 0.258 e. The summed E-state index contributed by atoms with van der Waals surface area (Å²) in [5.74, 6) is -0.374. The Kier molecular flexibility index (Phi) is 4.42. The molecule has 0 atom stereocenters. The molecule has 1 fully saturated rings. The van der Waals surface area contributed by atoms with Crippen LogP contribution in [0.2, 0.25) is 0 Å².